The van der Waals surface area contributed by atoms with Crippen LogP contribution in [0.15, 0.2) is 66.3 Å². The van der Waals surface area contributed by atoms with E-state index in [0.29, 0.717) is 28.8 Å². The van der Waals surface area contributed by atoms with Crippen LogP contribution in [0, 0.1) is 17.1 Å². The Morgan fingerprint density at radius 1 is 1.25 bits per heavy atom. The Balaban J connectivity index is 1.73. The maximum absolute atomic E-state index is 13.2. The van der Waals surface area contributed by atoms with E-state index in [1.165, 1.54) is 23.9 Å². The van der Waals surface area contributed by atoms with Gasteiger partial charge in [0.15, 0.2) is 11.0 Å². The second-order valence-electron chi connectivity index (χ2n) is 5.71. The number of para-hydroxylation sites is 1. The average molecular weight is 393 g/mol. The van der Waals surface area contributed by atoms with Crippen LogP contribution in [0.4, 0.5) is 10.1 Å². The zero-order valence-electron chi connectivity index (χ0n) is 14.8. The molecule has 0 aliphatic heterocycles. The fourth-order valence-corrected chi connectivity index (χ4v) is 3.26. The number of amides is 1. The summed E-state index contributed by atoms with van der Waals surface area (Å²) in [5.41, 5.74) is 1.58. The van der Waals surface area contributed by atoms with E-state index in [1.54, 1.807) is 47.0 Å². The average Bonchev–Trinajstić information content (AvgIpc) is 3.10. The van der Waals surface area contributed by atoms with Gasteiger partial charge in [-0.05, 0) is 36.4 Å². The van der Waals surface area contributed by atoms with Crippen molar-refractivity contribution >= 4 is 23.4 Å². The standard InChI is InChI=1S/C20H16FN5OS/c1-2-11-26-19(14-7-9-16(21)10-8-14)24-25-20(26)28-13-18(27)23-17-6-4-3-5-15(17)12-22/h2-10H,1,11,13H2,(H,23,27). The highest BCUT2D eigenvalue weighted by Crippen LogP contribution is 2.24. The van der Waals surface area contributed by atoms with Gasteiger partial charge in [-0.25, -0.2) is 4.39 Å². The van der Waals surface area contributed by atoms with Gasteiger partial charge in [-0.2, -0.15) is 5.26 Å². The molecule has 0 unspecified atom stereocenters. The molecule has 28 heavy (non-hydrogen) atoms. The van der Waals surface area contributed by atoms with Crippen LogP contribution in [0.2, 0.25) is 0 Å². The minimum absolute atomic E-state index is 0.0957. The summed E-state index contributed by atoms with van der Waals surface area (Å²) in [5.74, 6) is 0.0719. The minimum atomic E-state index is -0.331. The third-order valence-electron chi connectivity index (χ3n) is 3.78. The van der Waals surface area contributed by atoms with E-state index >= 15 is 0 Å². The van der Waals surface area contributed by atoms with E-state index in [0.717, 1.165) is 5.56 Å². The highest BCUT2D eigenvalue weighted by Gasteiger charge is 2.15. The third-order valence-corrected chi connectivity index (χ3v) is 4.75. The van der Waals surface area contributed by atoms with Crippen molar-refractivity contribution in [3.63, 3.8) is 0 Å². The molecule has 1 amide bonds. The van der Waals surface area contributed by atoms with Crippen molar-refractivity contribution in [3.05, 3.63) is 72.6 Å². The van der Waals surface area contributed by atoms with E-state index in [4.69, 9.17) is 5.26 Å². The molecular weight excluding hydrogens is 377 g/mol. The molecule has 0 atom stereocenters. The molecule has 140 valence electrons. The lowest BCUT2D eigenvalue weighted by Crippen LogP contribution is -2.15. The van der Waals surface area contributed by atoms with Crippen LogP contribution in [0.3, 0.4) is 0 Å². The number of thioether (sulfide) groups is 1. The van der Waals surface area contributed by atoms with Crippen LogP contribution in [0.1, 0.15) is 5.56 Å². The van der Waals surface area contributed by atoms with E-state index < -0.39 is 0 Å². The maximum Gasteiger partial charge on any atom is 0.234 e. The first-order valence-corrected chi connectivity index (χ1v) is 9.32. The van der Waals surface area contributed by atoms with E-state index in [9.17, 15) is 9.18 Å². The van der Waals surface area contributed by atoms with Crippen molar-refractivity contribution in [1.29, 1.82) is 5.26 Å². The Bertz CT molecular complexity index is 1040. The highest BCUT2D eigenvalue weighted by molar-refractivity contribution is 7.99. The van der Waals surface area contributed by atoms with Crippen molar-refractivity contribution in [1.82, 2.24) is 14.8 Å². The fraction of sp³-hybridized carbons (Fsp3) is 0.100. The number of carbonyl (C=O) groups is 1. The summed E-state index contributed by atoms with van der Waals surface area (Å²) < 4.78 is 15.0. The summed E-state index contributed by atoms with van der Waals surface area (Å²) in [6, 6.07) is 14.8. The van der Waals surface area contributed by atoms with Gasteiger partial charge in [0.05, 0.1) is 17.0 Å². The number of hydrogen-bond acceptors (Lipinski definition) is 5. The van der Waals surface area contributed by atoms with Crippen molar-refractivity contribution in [3.8, 4) is 17.5 Å². The number of anilines is 1. The topological polar surface area (TPSA) is 83.6 Å². The van der Waals surface area contributed by atoms with Gasteiger partial charge in [0.1, 0.15) is 11.9 Å². The Kier molecular flexibility index (Phi) is 6.19. The van der Waals surface area contributed by atoms with Gasteiger partial charge in [-0.15, -0.1) is 16.8 Å². The number of nitrogens with zero attached hydrogens (tertiary/aromatic N) is 4. The van der Waals surface area contributed by atoms with E-state index in [1.807, 2.05) is 6.07 Å². The van der Waals surface area contributed by atoms with Crippen LogP contribution >= 0.6 is 11.8 Å². The molecule has 0 radical (unpaired) electrons. The van der Waals surface area contributed by atoms with Crippen LogP contribution in [-0.2, 0) is 11.3 Å². The summed E-state index contributed by atoms with van der Waals surface area (Å²) in [4.78, 5) is 12.3. The number of benzene rings is 2. The number of hydrogen-bond donors (Lipinski definition) is 1. The first-order chi connectivity index (χ1) is 13.6. The number of nitriles is 1. The Labute approximate surface area is 165 Å². The van der Waals surface area contributed by atoms with Crippen molar-refractivity contribution in [2.24, 2.45) is 0 Å². The molecule has 6 nitrogen and oxygen atoms in total. The molecule has 0 saturated carbocycles. The van der Waals surface area contributed by atoms with Crippen molar-refractivity contribution in [2.75, 3.05) is 11.1 Å². The number of rotatable bonds is 7. The highest BCUT2D eigenvalue weighted by atomic mass is 32.2. The predicted octanol–water partition coefficient (Wildman–Crippen LogP) is 3.87. The van der Waals surface area contributed by atoms with Crippen molar-refractivity contribution < 1.29 is 9.18 Å². The Morgan fingerprint density at radius 2 is 2.00 bits per heavy atom. The quantitative estimate of drug-likeness (QED) is 0.487. The second kappa shape index (κ2) is 8.97. The molecule has 0 bridgehead atoms. The second-order valence-corrected chi connectivity index (χ2v) is 6.65. The molecule has 8 heteroatoms. The molecule has 1 aromatic heterocycles. The van der Waals surface area contributed by atoms with Crippen LogP contribution < -0.4 is 5.32 Å². The molecule has 2 aromatic carbocycles. The van der Waals surface area contributed by atoms with Gasteiger partial charge in [0.25, 0.3) is 0 Å². The normalized spacial score (nSPS) is 10.3. The summed E-state index contributed by atoms with van der Waals surface area (Å²) in [7, 11) is 0. The number of aromatic nitrogens is 3. The molecule has 0 fully saturated rings. The molecule has 0 spiro atoms. The Morgan fingerprint density at radius 3 is 2.71 bits per heavy atom. The van der Waals surface area contributed by atoms with Gasteiger partial charge in [0.2, 0.25) is 5.91 Å². The van der Waals surface area contributed by atoms with Crippen LogP contribution in [-0.4, -0.2) is 26.4 Å². The number of halogens is 1. The first kappa shape index (κ1) is 19.3. The zero-order valence-corrected chi connectivity index (χ0v) is 15.6. The molecule has 0 aliphatic carbocycles. The monoisotopic (exact) mass is 393 g/mol. The fourth-order valence-electron chi connectivity index (χ4n) is 2.51. The van der Waals surface area contributed by atoms with Gasteiger partial charge >= 0.3 is 0 Å². The maximum atomic E-state index is 13.2. The van der Waals surface area contributed by atoms with Crippen LogP contribution in [0.5, 0.6) is 0 Å². The van der Waals surface area contributed by atoms with Gasteiger partial charge in [-0.3, -0.25) is 9.36 Å². The SMILES string of the molecule is C=CCn1c(SCC(=O)Nc2ccccc2C#N)nnc1-c1ccc(F)cc1. The third kappa shape index (κ3) is 4.45. The van der Waals surface area contributed by atoms with Crippen molar-refractivity contribution in [2.45, 2.75) is 11.7 Å². The van der Waals surface area contributed by atoms with Gasteiger partial charge in [0, 0.05) is 12.1 Å². The summed E-state index contributed by atoms with van der Waals surface area (Å²) in [6.07, 6.45) is 1.70. The number of allylic oxidation sites excluding steroid dienone is 1. The van der Waals surface area contributed by atoms with Crippen LogP contribution in [0.25, 0.3) is 11.4 Å². The molecule has 0 aliphatic rings. The molecule has 3 aromatic rings. The lowest BCUT2D eigenvalue weighted by molar-refractivity contribution is -0.113. The van der Waals surface area contributed by atoms with Gasteiger partial charge < -0.3 is 5.32 Å². The Hall–Kier alpha value is -3.44. The number of nitrogens with one attached hydrogen (secondary N) is 1. The lowest BCUT2D eigenvalue weighted by Gasteiger charge is -2.09. The molecular formula is C20H16FN5OS. The molecule has 1 N–H and O–H groups in total. The summed E-state index contributed by atoms with van der Waals surface area (Å²) in [5, 5.41) is 20.7. The molecule has 0 saturated heterocycles. The zero-order chi connectivity index (χ0) is 19.9. The smallest absolute Gasteiger partial charge is 0.234 e. The first-order valence-electron chi connectivity index (χ1n) is 8.34. The van der Waals surface area contributed by atoms with E-state index in [-0.39, 0.29) is 17.5 Å². The largest absolute Gasteiger partial charge is 0.324 e. The predicted molar refractivity (Wildman–Crippen MR) is 106 cm³/mol. The number of carbonyl (C=O) groups excluding carboxylic acids is 1. The van der Waals surface area contributed by atoms with E-state index in [2.05, 4.69) is 22.1 Å². The summed E-state index contributed by atoms with van der Waals surface area (Å²) >= 11 is 1.22. The van der Waals surface area contributed by atoms with Gasteiger partial charge in [-0.1, -0.05) is 30.0 Å². The minimum Gasteiger partial charge on any atom is -0.324 e. The lowest BCUT2D eigenvalue weighted by atomic mass is 10.2. The molecule has 1 heterocycles. The molecule has 3 rings (SSSR count). The summed E-state index contributed by atoms with van der Waals surface area (Å²) in [6.45, 7) is 4.19.